The Bertz CT molecular complexity index is 1090. The Hall–Kier alpha value is -3.35. The van der Waals surface area contributed by atoms with Crippen molar-refractivity contribution in [1.29, 1.82) is 0 Å². The zero-order valence-electron chi connectivity index (χ0n) is 20.4. The van der Waals surface area contributed by atoms with Crippen molar-refractivity contribution in [3.63, 3.8) is 0 Å². The van der Waals surface area contributed by atoms with Gasteiger partial charge in [-0.25, -0.2) is 0 Å². The summed E-state index contributed by atoms with van der Waals surface area (Å²) in [6, 6.07) is 12.7. The van der Waals surface area contributed by atoms with Gasteiger partial charge in [0.1, 0.15) is 23.3 Å². The summed E-state index contributed by atoms with van der Waals surface area (Å²) in [5.74, 6) is 1.20. The first-order valence-corrected chi connectivity index (χ1v) is 12.0. The van der Waals surface area contributed by atoms with Gasteiger partial charge in [0.15, 0.2) is 0 Å². The molecule has 1 atom stereocenters. The molecule has 0 bridgehead atoms. The van der Waals surface area contributed by atoms with Crippen LogP contribution in [0, 0.1) is 12.8 Å². The van der Waals surface area contributed by atoms with E-state index in [9.17, 15) is 14.4 Å². The van der Waals surface area contributed by atoms with Crippen molar-refractivity contribution < 1.29 is 19.1 Å². The fraction of sp³-hybridized carbons (Fsp3) is 0.444. The normalized spacial score (nSPS) is 17.5. The number of para-hydroxylation sites is 1. The number of nitrogens with zero attached hydrogens (tertiary/aromatic N) is 3. The number of likely N-dealkylation sites (tertiary alicyclic amines) is 1. The first-order chi connectivity index (χ1) is 16.3. The molecule has 2 aliphatic rings. The summed E-state index contributed by atoms with van der Waals surface area (Å²) in [6.45, 7) is 7.83. The lowest BCUT2D eigenvalue weighted by Gasteiger charge is -2.37. The summed E-state index contributed by atoms with van der Waals surface area (Å²) in [7, 11) is 1.96. The van der Waals surface area contributed by atoms with Crippen molar-refractivity contribution in [3.05, 3.63) is 53.6 Å². The van der Waals surface area contributed by atoms with Crippen molar-refractivity contribution in [1.82, 2.24) is 9.80 Å². The quantitative estimate of drug-likeness (QED) is 0.673. The molecule has 4 rings (SSSR count). The predicted molar refractivity (Wildman–Crippen MR) is 131 cm³/mol. The molecule has 34 heavy (non-hydrogen) atoms. The fourth-order valence-corrected chi connectivity index (χ4v) is 4.72. The molecule has 1 saturated heterocycles. The van der Waals surface area contributed by atoms with E-state index in [1.165, 1.54) is 0 Å². The van der Waals surface area contributed by atoms with Gasteiger partial charge in [0.2, 0.25) is 5.91 Å². The highest BCUT2D eigenvalue weighted by atomic mass is 16.5. The molecule has 0 unspecified atom stereocenters. The molecule has 0 saturated carbocycles. The molecular weight excluding hydrogens is 430 g/mol. The minimum atomic E-state index is -0.582. The van der Waals surface area contributed by atoms with Gasteiger partial charge in [-0.3, -0.25) is 14.4 Å². The number of amides is 2. The van der Waals surface area contributed by atoms with Crippen molar-refractivity contribution in [2.75, 3.05) is 38.1 Å². The summed E-state index contributed by atoms with van der Waals surface area (Å²) in [5.41, 5.74) is 2.36. The second kappa shape index (κ2) is 9.87. The molecule has 1 fully saturated rings. The van der Waals surface area contributed by atoms with Crippen molar-refractivity contribution >= 4 is 23.3 Å². The molecule has 2 aromatic carbocycles. The maximum atomic E-state index is 13.9. The Balaban J connectivity index is 1.65. The minimum Gasteiger partial charge on any atom is -0.457 e. The van der Waals surface area contributed by atoms with E-state index in [4.69, 9.17) is 4.74 Å². The number of ether oxygens (including phenoxy) is 1. The van der Waals surface area contributed by atoms with Gasteiger partial charge < -0.3 is 19.4 Å². The summed E-state index contributed by atoms with van der Waals surface area (Å²) in [6.07, 6.45) is 0.769. The van der Waals surface area contributed by atoms with Gasteiger partial charge in [-0.1, -0.05) is 32.0 Å². The van der Waals surface area contributed by atoms with E-state index < -0.39 is 6.04 Å². The summed E-state index contributed by atoms with van der Waals surface area (Å²) in [5, 5.41) is 0. The van der Waals surface area contributed by atoms with Crippen LogP contribution in [0.1, 0.15) is 42.6 Å². The van der Waals surface area contributed by atoms with Crippen molar-refractivity contribution in [2.24, 2.45) is 5.92 Å². The summed E-state index contributed by atoms with van der Waals surface area (Å²) in [4.78, 5) is 44.6. The van der Waals surface area contributed by atoms with Crippen LogP contribution in [0.2, 0.25) is 0 Å². The monoisotopic (exact) mass is 463 g/mol. The SMILES string of the molecule is Cc1ccccc1Oc1ccc2c(c1)C(=O)N([C@@H](C(=O)N1CCC(=O)CC1)C(C)C)CCN2C. The van der Waals surface area contributed by atoms with Crippen LogP contribution < -0.4 is 9.64 Å². The van der Waals surface area contributed by atoms with Crippen LogP contribution in [0.4, 0.5) is 5.69 Å². The third kappa shape index (κ3) is 4.79. The Morgan fingerprint density at radius 1 is 0.971 bits per heavy atom. The van der Waals surface area contributed by atoms with E-state index in [1.54, 1.807) is 15.9 Å². The highest BCUT2D eigenvalue weighted by Gasteiger charge is 2.38. The van der Waals surface area contributed by atoms with Gasteiger partial charge in [-0.05, 0) is 42.7 Å². The molecule has 2 aliphatic heterocycles. The van der Waals surface area contributed by atoms with Gasteiger partial charge in [-0.15, -0.1) is 0 Å². The fourth-order valence-electron chi connectivity index (χ4n) is 4.72. The third-order valence-electron chi connectivity index (χ3n) is 6.72. The van der Waals surface area contributed by atoms with Crippen molar-refractivity contribution in [2.45, 2.75) is 39.7 Å². The molecule has 7 heteroatoms. The number of likely N-dealkylation sites (N-methyl/N-ethyl adjacent to an activating group) is 1. The second-order valence-electron chi connectivity index (χ2n) is 9.52. The number of aryl methyl sites for hydroxylation is 1. The molecule has 0 aromatic heterocycles. The highest BCUT2D eigenvalue weighted by molar-refractivity contribution is 6.03. The van der Waals surface area contributed by atoms with Gasteiger partial charge in [0, 0.05) is 51.8 Å². The summed E-state index contributed by atoms with van der Waals surface area (Å²) < 4.78 is 6.10. The lowest BCUT2D eigenvalue weighted by Crippen LogP contribution is -2.55. The minimum absolute atomic E-state index is 0.0627. The molecule has 0 radical (unpaired) electrons. The number of carbonyl (C=O) groups excluding carboxylic acids is 3. The van der Waals surface area contributed by atoms with Gasteiger partial charge in [-0.2, -0.15) is 0 Å². The Morgan fingerprint density at radius 3 is 2.35 bits per heavy atom. The van der Waals surface area contributed by atoms with Crippen LogP contribution in [-0.4, -0.2) is 66.7 Å². The van der Waals surface area contributed by atoms with E-state index in [0.29, 0.717) is 50.3 Å². The highest BCUT2D eigenvalue weighted by Crippen LogP contribution is 2.33. The first-order valence-electron chi connectivity index (χ1n) is 12.0. The number of fused-ring (bicyclic) bond motifs is 1. The zero-order chi connectivity index (χ0) is 24.4. The maximum absolute atomic E-state index is 13.9. The second-order valence-corrected chi connectivity index (χ2v) is 9.52. The number of hydrogen-bond acceptors (Lipinski definition) is 5. The number of anilines is 1. The van der Waals surface area contributed by atoms with Crippen molar-refractivity contribution in [3.8, 4) is 11.5 Å². The van der Waals surface area contributed by atoms with Crippen LogP contribution >= 0.6 is 0 Å². The topological polar surface area (TPSA) is 70.2 Å². The zero-order valence-corrected chi connectivity index (χ0v) is 20.4. The molecule has 0 N–H and O–H groups in total. The largest absolute Gasteiger partial charge is 0.457 e. The van der Waals surface area contributed by atoms with Gasteiger partial charge >= 0.3 is 0 Å². The molecule has 0 spiro atoms. The van der Waals surface area contributed by atoms with E-state index in [1.807, 2.05) is 69.1 Å². The maximum Gasteiger partial charge on any atom is 0.256 e. The predicted octanol–water partition coefficient (Wildman–Crippen LogP) is 3.90. The molecule has 0 aliphatic carbocycles. The molecule has 180 valence electrons. The van der Waals surface area contributed by atoms with Crippen LogP contribution in [0.15, 0.2) is 42.5 Å². The lowest BCUT2D eigenvalue weighted by molar-refractivity contribution is -0.140. The van der Waals surface area contributed by atoms with E-state index in [0.717, 1.165) is 17.0 Å². The van der Waals surface area contributed by atoms with Crippen LogP contribution in [0.25, 0.3) is 0 Å². The molecule has 2 amide bonds. The smallest absolute Gasteiger partial charge is 0.256 e. The number of carbonyl (C=O) groups is 3. The van der Waals surface area contributed by atoms with E-state index in [2.05, 4.69) is 0 Å². The number of Topliss-reactive ketones (excluding diaryl/α,β-unsaturated/α-hetero) is 1. The molecular formula is C27H33N3O4. The van der Waals surface area contributed by atoms with E-state index >= 15 is 0 Å². The first kappa shape index (κ1) is 23.8. The van der Waals surface area contributed by atoms with Crippen LogP contribution in [0.3, 0.4) is 0 Å². The average molecular weight is 464 g/mol. The van der Waals surface area contributed by atoms with Gasteiger partial charge in [0.05, 0.1) is 5.56 Å². The Kier molecular flexibility index (Phi) is 6.91. The van der Waals surface area contributed by atoms with Gasteiger partial charge in [0.25, 0.3) is 5.91 Å². The Labute approximate surface area is 201 Å². The molecule has 2 heterocycles. The lowest BCUT2D eigenvalue weighted by atomic mass is 9.98. The Morgan fingerprint density at radius 2 is 1.68 bits per heavy atom. The molecule has 7 nitrogen and oxygen atoms in total. The summed E-state index contributed by atoms with van der Waals surface area (Å²) >= 11 is 0. The average Bonchev–Trinajstić information content (AvgIpc) is 2.93. The molecule has 2 aromatic rings. The van der Waals surface area contributed by atoms with Crippen LogP contribution in [-0.2, 0) is 9.59 Å². The standard InChI is InChI=1S/C27H33N3O4/c1-18(2)25(27(33)29-13-11-20(31)12-14-29)30-16-15-28(4)23-10-9-21(17-22(23)26(30)32)34-24-8-6-5-7-19(24)3/h5-10,17-18,25H,11-16H2,1-4H3/t25-/m1/s1. The van der Waals surface area contributed by atoms with E-state index in [-0.39, 0.29) is 23.5 Å². The third-order valence-corrected chi connectivity index (χ3v) is 6.72. The number of hydrogen-bond donors (Lipinski definition) is 0. The number of ketones is 1. The number of benzene rings is 2. The van der Waals surface area contributed by atoms with Crippen LogP contribution in [0.5, 0.6) is 11.5 Å². The number of rotatable bonds is 5. The number of piperidine rings is 1.